The number of aliphatic hydroxyl groups is 2. The Labute approximate surface area is 140 Å². The largest absolute Gasteiger partial charge is 0.433 e. The predicted molar refractivity (Wildman–Crippen MR) is 82.3 cm³/mol. The molecule has 2 N–H and O–H groups in total. The lowest BCUT2D eigenvalue weighted by Crippen LogP contribution is -2.50. The fourth-order valence-corrected chi connectivity index (χ4v) is 2.18. The van der Waals surface area contributed by atoms with Crippen LogP contribution in [0.25, 0.3) is 0 Å². The first-order chi connectivity index (χ1) is 11.1. The number of hydrogen-bond acceptors (Lipinski definition) is 5. The third-order valence-corrected chi connectivity index (χ3v) is 3.88. The molecule has 2 radical (unpaired) electrons. The van der Waals surface area contributed by atoms with Crippen LogP contribution in [0.5, 0.6) is 0 Å². The molecule has 0 aromatic carbocycles. The third kappa shape index (κ3) is 6.03. The molecule has 0 amide bonds. The number of nitrogens with zero attached hydrogens (tertiary/aromatic N) is 2. The van der Waals surface area contributed by atoms with Crippen molar-refractivity contribution in [1.82, 2.24) is 9.97 Å². The van der Waals surface area contributed by atoms with Gasteiger partial charge in [-0.1, -0.05) is 20.3 Å². The summed E-state index contributed by atoms with van der Waals surface area (Å²) in [5, 5.41) is 18.8. The van der Waals surface area contributed by atoms with E-state index in [1.165, 1.54) is 6.92 Å². The number of rotatable bonds is 2. The summed E-state index contributed by atoms with van der Waals surface area (Å²) in [6.45, 7) is 5.54. The molecule has 0 aliphatic carbocycles. The van der Waals surface area contributed by atoms with Gasteiger partial charge in [-0.05, 0) is 18.9 Å². The van der Waals surface area contributed by atoms with E-state index >= 15 is 0 Å². The van der Waals surface area contributed by atoms with Crippen molar-refractivity contribution >= 4 is 7.85 Å². The van der Waals surface area contributed by atoms with E-state index in [0.29, 0.717) is 12.3 Å². The lowest BCUT2D eigenvalue weighted by atomic mass is 9.83. The maximum Gasteiger partial charge on any atom is 0.433 e. The first-order valence-electron chi connectivity index (χ1n) is 7.70. The van der Waals surface area contributed by atoms with Crippen LogP contribution in [0.3, 0.4) is 0 Å². The highest BCUT2D eigenvalue weighted by atomic mass is 19.4. The molecule has 1 aliphatic rings. The maximum atomic E-state index is 11.9. The molecular formula is C15H22BF3N2O3. The van der Waals surface area contributed by atoms with E-state index in [4.69, 9.17) is 12.6 Å². The van der Waals surface area contributed by atoms with E-state index in [1.54, 1.807) is 0 Å². The van der Waals surface area contributed by atoms with Crippen molar-refractivity contribution in [1.29, 1.82) is 0 Å². The van der Waals surface area contributed by atoms with E-state index in [1.807, 2.05) is 0 Å². The van der Waals surface area contributed by atoms with Crippen molar-refractivity contribution in [3.8, 4) is 0 Å². The Bertz CT molecular complexity index is 507. The summed E-state index contributed by atoms with van der Waals surface area (Å²) >= 11 is 0. The molecule has 5 nitrogen and oxygen atoms in total. The van der Waals surface area contributed by atoms with Crippen LogP contribution in [0.15, 0.2) is 12.3 Å². The highest BCUT2D eigenvalue weighted by Gasteiger charge is 2.35. The standard InChI is InChI=1S/C9H17BO3.C6H5F3N2/c1-3-5(2)7-4-6(11)8(12)9(10)13-7;1-4-10-3-2-5(11-4)6(7,8)9/h5-9,11-12H,3-4H2,1-2H3;2-3H,1H3. The molecule has 2 rings (SSSR count). The average Bonchev–Trinajstić information content (AvgIpc) is 2.51. The Morgan fingerprint density at radius 2 is 2.04 bits per heavy atom. The van der Waals surface area contributed by atoms with Gasteiger partial charge in [0.15, 0.2) is 0 Å². The topological polar surface area (TPSA) is 75.5 Å². The van der Waals surface area contributed by atoms with Crippen LogP contribution in [0.4, 0.5) is 13.2 Å². The normalized spacial score (nSPS) is 28.7. The van der Waals surface area contributed by atoms with Gasteiger partial charge in [-0.15, -0.1) is 0 Å². The third-order valence-electron chi connectivity index (χ3n) is 3.88. The molecule has 5 unspecified atom stereocenters. The van der Waals surface area contributed by atoms with Gasteiger partial charge < -0.3 is 14.9 Å². The second kappa shape index (κ2) is 8.78. The molecule has 1 saturated heterocycles. The fourth-order valence-electron chi connectivity index (χ4n) is 2.18. The average molecular weight is 346 g/mol. The van der Waals surface area contributed by atoms with Crippen LogP contribution in [0, 0.1) is 12.8 Å². The van der Waals surface area contributed by atoms with Gasteiger partial charge >= 0.3 is 6.18 Å². The summed E-state index contributed by atoms with van der Waals surface area (Å²) in [5.41, 5.74) is -0.898. The molecule has 24 heavy (non-hydrogen) atoms. The molecule has 9 heteroatoms. The Morgan fingerprint density at radius 1 is 1.42 bits per heavy atom. The molecule has 1 aromatic rings. The molecule has 1 fully saturated rings. The minimum Gasteiger partial charge on any atom is -0.390 e. The smallest absolute Gasteiger partial charge is 0.390 e. The Kier molecular flexibility index (Phi) is 7.63. The molecule has 5 atom stereocenters. The number of aryl methyl sites for hydroxylation is 1. The molecule has 1 aliphatic heterocycles. The highest BCUT2D eigenvalue weighted by molar-refractivity contribution is 6.11. The number of hydrogen-bond donors (Lipinski definition) is 2. The minimum absolute atomic E-state index is 0.0293. The van der Waals surface area contributed by atoms with Gasteiger partial charge in [-0.2, -0.15) is 13.2 Å². The quantitative estimate of drug-likeness (QED) is 0.800. The van der Waals surface area contributed by atoms with E-state index in [9.17, 15) is 23.4 Å². The van der Waals surface area contributed by atoms with Crippen LogP contribution in [-0.4, -0.2) is 52.3 Å². The van der Waals surface area contributed by atoms with Crippen molar-refractivity contribution in [3.63, 3.8) is 0 Å². The number of aromatic nitrogens is 2. The number of ether oxygens (including phenoxy) is 1. The molecule has 0 saturated carbocycles. The predicted octanol–water partition coefficient (Wildman–Crippen LogP) is 1.84. The van der Waals surface area contributed by atoms with Gasteiger partial charge in [0.25, 0.3) is 0 Å². The SMILES string of the molecule is Cc1nccc(C(F)(F)F)n1.[B]C1OC(C(C)CC)CC(O)C1O. The Balaban J connectivity index is 0.000000243. The molecule has 1 aromatic heterocycles. The van der Waals surface area contributed by atoms with Crippen molar-refractivity contribution in [2.75, 3.05) is 0 Å². The van der Waals surface area contributed by atoms with Crippen LogP contribution in [-0.2, 0) is 10.9 Å². The van der Waals surface area contributed by atoms with Crippen molar-refractivity contribution in [2.24, 2.45) is 5.92 Å². The van der Waals surface area contributed by atoms with E-state index in [0.717, 1.165) is 18.7 Å². The van der Waals surface area contributed by atoms with Gasteiger partial charge in [-0.3, -0.25) is 0 Å². The maximum absolute atomic E-state index is 11.9. The Morgan fingerprint density at radius 3 is 2.46 bits per heavy atom. The lowest BCUT2D eigenvalue weighted by molar-refractivity contribution is -0.151. The Hall–Kier alpha value is -1.19. The van der Waals surface area contributed by atoms with Crippen LogP contribution >= 0.6 is 0 Å². The molecule has 0 spiro atoms. The van der Waals surface area contributed by atoms with Gasteiger partial charge in [0.1, 0.15) is 19.4 Å². The van der Waals surface area contributed by atoms with E-state index in [-0.39, 0.29) is 11.9 Å². The van der Waals surface area contributed by atoms with Gasteiger partial charge in [0.2, 0.25) is 0 Å². The molecule has 0 bridgehead atoms. The van der Waals surface area contributed by atoms with Crippen molar-refractivity contribution in [2.45, 2.75) is 64.1 Å². The van der Waals surface area contributed by atoms with Gasteiger partial charge in [0.05, 0.1) is 18.3 Å². The van der Waals surface area contributed by atoms with Gasteiger partial charge in [0, 0.05) is 18.6 Å². The van der Waals surface area contributed by atoms with Crippen LogP contribution in [0.1, 0.15) is 38.2 Å². The number of halogens is 3. The lowest BCUT2D eigenvalue weighted by Gasteiger charge is -2.38. The van der Waals surface area contributed by atoms with Gasteiger partial charge in [-0.25, -0.2) is 9.97 Å². The van der Waals surface area contributed by atoms with Crippen molar-refractivity contribution in [3.05, 3.63) is 23.8 Å². The number of alkyl halides is 3. The zero-order valence-electron chi connectivity index (χ0n) is 13.9. The van der Waals surface area contributed by atoms with Crippen LogP contribution < -0.4 is 0 Å². The zero-order valence-corrected chi connectivity index (χ0v) is 13.9. The molecule has 134 valence electrons. The summed E-state index contributed by atoms with van der Waals surface area (Å²) in [6.07, 6.45) is -3.54. The summed E-state index contributed by atoms with van der Waals surface area (Å²) in [6, 6.07) is 0.0928. The summed E-state index contributed by atoms with van der Waals surface area (Å²) < 4.78 is 41.0. The van der Waals surface area contributed by atoms with Crippen LogP contribution in [0.2, 0.25) is 0 Å². The monoisotopic (exact) mass is 346 g/mol. The zero-order chi connectivity index (χ0) is 18.5. The highest BCUT2D eigenvalue weighted by Crippen LogP contribution is 2.27. The summed E-state index contributed by atoms with van der Waals surface area (Å²) in [5.74, 6) is 0.494. The second-order valence-electron chi connectivity index (χ2n) is 5.81. The second-order valence-corrected chi connectivity index (χ2v) is 5.81. The molecular weight excluding hydrogens is 324 g/mol. The summed E-state index contributed by atoms with van der Waals surface area (Å²) in [7, 11) is 5.52. The summed E-state index contributed by atoms with van der Waals surface area (Å²) in [4.78, 5) is 6.75. The van der Waals surface area contributed by atoms with E-state index < -0.39 is 30.1 Å². The van der Waals surface area contributed by atoms with Crippen molar-refractivity contribution < 1.29 is 28.1 Å². The first-order valence-corrected chi connectivity index (χ1v) is 7.70. The molecule has 2 heterocycles. The van der Waals surface area contributed by atoms with E-state index in [2.05, 4.69) is 23.8 Å². The minimum atomic E-state index is -4.37. The fraction of sp³-hybridized carbons (Fsp3) is 0.733. The number of aliphatic hydroxyl groups excluding tert-OH is 2. The first kappa shape index (κ1) is 20.9.